The normalized spacial score (nSPS) is 29.1. The van der Waals surface area contributed by atoms with Crippen LogP contribution in [0.4, 0.5) is 8.78 Å². The first kappa shape index (κ1) is 20.7. The summed E-state index contributed by atoms with van der Waals surface area (Å²) in [5, 5.41) is 0. The number of sulfonamides is 1. The lowest BCUT2D eigenvalue weighted by atomic mass is 9.84. The predicted molar refractivity (Wildman–Crippen MR) is 105 cm³/mol. The van der Waals surface area contributed by atoms with Gasteiger partial charge in [-0.25, -0.2) is 17.2 Å². The van der Waals surface area contributed by atoms with E-state index in [-0.39, 0.29) is 31.0 Å². The Balaban J connectivity index is 1.44. The van der Waals surface area contributed by atoms with E-state index in [9.17, 15) is 22.0 Å². The third-order valence-corrected chi connectivity index (χ3v) is 8.83. The van der Waals surface area contributed by atoms with Gasteiger partial charge in [-0.15, -0.1) is 0 Å². The maximum Gasteiger partial charge on any atom is 0.246 e. The van der Waals surface area contributed by atoms with Crippen molar-refractivity contribution in [3.8, 4) is 0 Å². The van der Waals surface area contributed by atoms with Crippen molar-refractivity contribution in [2.24, 2.45) is 11.8 Å². The van der Waals surface area contributed by atoms with Crippen LogP contribution in [0.5, 0.6) is 0 Å². The van der Waals surface area contributed by atoms with Gasteiger partial charge in [0.15, 0.2) is 0 Å². The van der Waals surface area contributed by atoms with Gasteiger partial charge in [-0.1, -0.05) is 12.8 Å². The second-order valence-corrected chi connectivity index (χ2v) is 10.6. The highest BCUT2D eigenvalue weighted by molar-refractivity contribution is 7.89. The van der Waals surface area contributed by atoms with Gasteiger partial charge in [0, 0.05) is 31.1 Å². The molecule has 5 nitrogen and oxygen atoms in total. The first-order valence-corrected chi connectivity index (χ1v) is 12.0. The standard InChI is InChI=1S/C21H28F2N2O3S/c1-14-12-16-4-2-3-5-19(16)25(14)21(26)15-8-10-24(11-9-15)29(27,28)20-13-17(22)6-7-18(20)23/h6-7,13-16,19H,2-5,8-12H2,1H3. The van der Waals surface area contributed by atoms with E-state index in [2.05, 4.69) is 11.8 Å². The van der Waals surface area contributed by atoms with Gasteiger partial charge in [-0.3, -0.25) is 4.79 Å². The number of halogens is 2. The molecule has 0 aromatic heterocycles. The molecule has 0 spiro atoms. The Morgan fingerprint density at radius 3 is 2.48 bits per heavy atom. The minimum absolute atomic E-state index is 0.140. The maximum atomic E-state index is 14.0. The Bertz CT molecular complexity index is 884. The smallest absolute Gasteiger partial charge is 0.246 e. The van der Waals surface area contributed by atoms with Gasteiger partial charge in [0.1, 0.15) is 16.5 Å². The van der Waals surface area contributed by atoms with Crippen LogP contribution in [0.3, 0.4) is 0 Å². The fraction of sp³-hybridized carbons (Fsp3) is 0.667. The molecule has 3 atom stereocenters. The molecule has 1 aromatic carbocycles. The van der Waals surface area contributed by atoms with Crippen molar-refractivity contribution in [3.63, 3.8) is 0 Å². The fourth-order valence-electron chi connectivity index (χ4n) is 5.46. The number of benzene rings is 1. The van der Waals surface area contributed by atoms with E-state index in [0.717, 1.165) is 37.5 Å². The number of hydrogen-bond donors (Lipinski definition) is 0. The molecule has 8 heteroatoms. The second-order valence-electron chi connectivity index (χ2n) is 8.70. The molecule has 1 aromatic rings. The van der Waals surface area contributed by atoms with Crippen LogP contribution in [0.25, 0.3) is 0 Å². The number of carbonyl (C=O) groups excluding carboxylic acids is 1. The Morgan fingerprint density at radius 2 is 1.76 bits per heavy atom. The van der Waals surface area contributed by atoms with Gasteiger partial charge in [-0.2, -0.15) is 4.31 Å². The van der Waals surface area contributed by atoms with Crippen LogP contribution in [0.2, 0.25) is 0 Å². The average Bonchev–Trinajstić information content (AvgIpc) is 3.05. The van der Waals surface area contributed by atoms with Crippen molar-refractivity contribution in [3.05, 3.63) is 29.8 Å². The summed E-state index contributed by atoms with van der Waals surface area (Å²) >= 11 is 0. The van der Waals surface area contributed by atoms with Gasteiger partial charge in [0.2, 0.25) is 15.9 Å². The molecule has 1 amide bonds. The zero-order valence-electron chi connectivity index (χ0n) is 16.7. The fourth-order valence-corrected chi connectivity index (χ4v) is 7.00. The molecule has 2 saturated heterocycles. The first-order chi connectivity index (χ1) is 13.8. The lowest BCUT2D eigenvalue weighted by Gasteiger charge is -2.38. The summed E-state index contributed by atoms with van der Waals surface area (Å²) < 4.78 is 54.1. The minimum atomic E-state index is -4.12. The van der Waals surface area contributed by atoms with Crippen LogP contribution < -0.4 is 0 Å². The van der Waals surface area contributed by atoms with Crippen molar-refractivity contribution in [2.45, 2.75) is 68.8 Å². The maximum absolute atomic E-state index is 14.0. The largest absolute Gasteiger partial charge is 0.336 e. The molecule has 1 aliphatic carbocycles. The molecule has 3 fully saturated rings. The Morgan fingerprint density at radius 1 is 1.07 bits per heavy atom. The third kappa shape index (κ3) is 3.81. The summed E-state index contributed by atoms with van der Waals surface area (Å²) in [6.45, 7) is 2.40. The highest BCUT2D eigenvalue weighted by Gasteiger charge is 2.45. The molecule has 0 N–H and O–H groups in total. The molecule has 2 heterocycles. The number of fused-ring (bicyclic) bond motifs is 1. The van der Waals surface area contributed by atoms with E-state index in [1.165, 1.54) is 17.1 Å². The van der Waals surface area contributed by atoms with E-state index >= 15 is 0 Å². The highest BCUT2D eigenvalue weighted by atomic mass is 32.2. The molecule has 0 radical (unpaired) electrons. The summed E-state index contributed by atoms with van der Waals surface area (Å²) in [5.41, 5.74) is 0. The van der Waals surface area contributed by atoms with Crippen LogP contribution in [0, 0.1) is 23.5 Å². The second kappa shape index (κ2) is 7.95. The molecule has 1 saturated carbocycles. The Hall–Kier alpha value is -1.54. The summed E-state index contributed by atoms with van der Waals surface area (Å²) in [7, 11) is -4.12. The number of rotatable bonds is 3. The number of carbonyl (C=O) groups is 1. The molecule has 29 heavy (non-hydrogen) atoms. The van der Waals surface area contributed by atoms with Gasteiger partial charge in [0.25, 0.3) is 0 Å². The van der Waals surface area contributed by atoms with Crippen molar-refractivity contribution >= 4 is 15.9 Å². The van der Waals surface area contributed by atoms with E-state index in [1.807, 2.05) is 0 Å². The number of piperidine rings is 1. The molecular formula is C21H28F2N2O3S. The molecule has 0 bridgehead atoms. The predicted octanol–water partition coefficient (Wildman–Crippen LogP) is 3.55. The number of hydrogen-bond acceptors (Lipinski definition) is 3. The summed E-state index contributed by atoms with van der Waals surface area (Å²) in [4.78, 5) is 14.7. The zero-order valence-corrected chi connectivity index (χ0v) is 17.5. The summed E-state index contributed by atoms with van der Waals surface area (Å²) in [6.07, 6.45) is 6.53. The quantitative estimate of drug-likeness (QED) is 0.743. The Kier molecular flexibility index (Phi) is 5.68. The monoisotopic (exact) mass is 426 g/mol. The molecule has 2 aliphatic heterocycles. The molecule has 160 valence electrons. The molecular weight excluding hydrogens is 398 g/mol. The van der Waals surface area contributed by atoms with E-state index < -0.39 is 26.6 Å². The number of amides is 1. The SMILES string of the molecule is CC1CC2CCCCC2N1C(=O)C1CCN(S(=O)(=O)c2cc(F)ccc2F)CC1. The molecule has 3 aliphatic rings. The number of nitrogens with zero attached hydrogens (tertiary/aromatic N) is 2. The van der Waals surface area contributed by atoms with Crippen LogP contribution in [0.1, 0.15) is 51.9 Å². The minimum Gasteiger partial charge on any atom is -0.336 e. The molecule has 4 rings (SSSR count). The summed E-state index contributed by atoms with van der Waals surface area (Å²) in [6, 6.07) is 3.01. The van der Waals surface area contributed by atoms with E-state index in [4.69, 9.17) is 0 Å². The van der Waals surface area contributed by atoms with Crippen LogP contribution in [0.15, 0.2) is 23.1 Å². The van der Waals surface area contributed by atoms with Gasteiger partial charge in [-0.05, 0) is 63.1 Å². The first-order valence-electron chi connectivity index (χ1n) is 10.6. The van der Waals surface area contributed by atoms with Crippen molar-refractivity contribution in [1.29, 1.82) is 0 Å². The van der Waals surface area contributed by atoms with Crippen LogP contribution in [-0.4, -0.2) is 48.7 Å². The summed E-state index contributed by atoms with van der Waals surface area (Å²) in [5.74, 6) is -1.22. The van der Waals surface area contributed by atoms with Crippen LogP contribution >= 0.6 is 0 Å². The molecule has 3 unspecified atom stereocenters. The van der Waals surface area contributed by atoms with E-state index in [1.54, 1.807) is 0 Å². The third-order valence-electron chi connectivity index (χ3n) is 6.91. The van der Waals surface area contributed by atoms with Gasteiger partial charge in [0.05, 0.1) is 0 Å². The zero-order chi connectivity index (χ0) is 20.8. The van der Waals surface area contributed by atoms with Gasteiger partial charge < -0.3 is 4.90 Å². The van der Waals surface area contributed by atoms with Crippen molar-refractivity contribution in [2.75, 3.05) is 13.1 Å². The number of likely N-dealkylation sites (tertiary alicyclic amines) is 1. The van der Waals surface area contributed by atoms with Crippen LogP contribution in [-0.2, 0) is 14.8 Å². The topological polar surface area (TPSA) is 57.7 Å². The van der Waals surface area contributed by atoms with E-state index in [0.29, 0.717) is 24.8 Å². The average molecular weight is 427 g/mol. The van der Waals surface area contributed by atoms with Gasteiger partial charge >= 0.3 is 0 Å². The highest BCUT2D eigenvalue weighted by Crippen LogP contribution is 2.41. The lowest BCUT2D eigenvalue weighted by molar-refractivity contribution is -0.140. The van der Waals surface area contributed by atoms with Crippen molar-refractivity contribution in [1.82, 2.24) is 9.21 Å². The Labute approximate surface area is 171 Å². The lowest BCUT2D eigenvalue weighted by Crippen LogP contribution is -2.48. The van der Waals surface area contributed by atoms with Crippen molar-refractivity contribution < 1.29 is 22.0 Å².